The van der Waals surface area contributed by atoms with E-state index in [9.17, 15) is 4.79 Å². The molecular formula is C21H28N2O2. The molecule has 4 rings (SSSR count). The third kappa shape index (κ3) is 3.12. The Bertz CT molecular complexity index is 659. The van der Waals surface area contributed by atoms with Crippen molar-refractivity contribution in [2.75, 3.05) is 6.54 Å². The van der Waals surface area contributed by atoms with Crippen molar-refractivity contribution in [2.45, 2.75) is 51.7 Å². The maximum atomic E-state index is 12.5. The zero-order chi connectivity index (χ0) is 17.4. The van der Waals surface area contributed by atoms with E-state index in [0.717, 1.165) is 25.0 Å². The van der Waals surface area contributed by atoms with Crippen LogP contribution in [0, 0.1) is 23.2 Å². The SMILES string of the molecule is C=C1CCC[C@]2(C)C[C@H]3OC(=O)[C@H](CNCc4ccccn4)[C@@H]3C[C@H]12. The first-order valence-electron chi connectivity index (χ1n) is 9.55. The summed E-state index contributed by atoms with van der Waals surface area (Å²) in [5.74, 6) is 0.830. The number of ether oxygens (including phenoxy) is 1. The van der Waals surface area contributed by atoms with Gasteiger partial charge in [0.05, 0.1) is 11.6 Å². The Morgan fingerprint density at radius 3 is 3.12 bits per heavy atom. The molecule has 1 aromatic rings. The summed E-state index contributed by atoms with van der Waals surface area (Å²) in [4.78, 5) is 16.8. The summed E-state index contributed by atoms with van der Waals surface area (Å²) < 4.78 is 5.81. The molecule has 3 aliphatic rings. The highest BCUT2D eigenvalue weighted by atomic mass is 16.6. The predicted molar refractivity (Wildman–Crippen MR) is 96.6 cm³/mol. The lowest BCUT2D eigenvalue weighted by molar-refractivity contribution is -0.146. The van der Waals surface area contributed by atoms with Crippen LogP contribution in [-0.2, 0) is 16.1 Å². The molecule has 4 nitrogen and oxygen atoms in total. The lowest BCUT2D eigenvalue weighted by Crippen LogP contribution is -2.45. The second-order valence-electron chi connectivity index (χ2n) is 8.36. The van der Waals surface area contributed by atoms with Crippen molar-refractivity contribution in [2.24, 2.45) is 23.2 Å². The van der Waals surface area contributed by atoms with Crippen molar-refractivity contribution in [3.8, 4) is 0 Å². The highest BCUT2D eigenvalue weighted by Crippen LogP contribution is 2.56. The standard InChI is InChI=1S/C21H28N2O2/c1-14-6-5-8-21(2)11-19-16(10-18(14)21)17(20(24)25-19)13-22-12-15-7-3-4-9-23-15/h3-4,7,9,16-19,22H,1,5-6,8,10-13H2,2H3/t16-,17+,18+,19+,21+/m0/s1. The highest BCUT2D eigenvalue weighted by Gasteiger charge is 2.54. The molecule has 0 amide bonds. The highest BCUT2D eigenvalue weighted by molar-refractivity contribution is 5.75. The molecule has 0 aromatic carbocycles. The van der Waals surface area contributed by atoms with E-state index < -0.39 is 0 Å². The molecule has 0 radical (unpaired) electrons. The van der Waals surface area contributed by atoms with Crippen molar-refractivity contribution in [3.63, 3.8) is 0 Å². The summed E-state index contributed by atoms with van der Waals surface area (Å²) in [6.07, 6.45) is 7.57. The number of carbonyl (C=O) groups is 1. The van der Waals surface area contributed by atoms with Crippen molar-refractivity contribution in [1.29, 1.82) is 0 Å². The Hall–Kier alpha value is -1.68. The Balaban J connectivity index is 1.42. The van der Waals surface area contributed by atoms with Gasteiger partial charge in [-0.1, -0.05) is 25.1 Å². The van der Waals surface area contributed by atoms with Crippen LogP contribution in [0.25, 0.3) is 0 Å². The first-order chi connectivity index (χ1) is 12.1. The first kappa shape index (κ1) is 16.8. The summed E-state index contributed by atoms with van der Waals surface area (Å²) in [7, 11) is 0. The fourth-order valence-corrected chi connectivity index (χ4v) is 5.35. The monoisotopic (exact) mass is 340 g/mol. The van der Waals surface area contributed by atoms with E-state index >= 15 is 0 Å². The van der Waals surface area contributed by atoms with Crippen LogP contribution in [0.4, 0.5) is 0 Å². The van der Waals surface area contributed by atoms with Crippen LogP contribution in [-0.4, -0.2) is 23.6 Å². The molecule has 3 fully saturated rings. The third-order valence-electron chi connectivity index (χ3n) is 6.72. The van der Waals surface area contributed by atoms with Gasteiger partial charge in [-0.15, -0.1) is 0 Å². The average molecular weight is 340 g/mol. The van der Waals surface area contributed by atoms with E-state index in [1.54, 1.807) is 6.20 Å². The van der Waals surface area contributed by atoms with E-state index in [0.29, 0.717) is 24.9 Å². The summed E-state index contributed by atoms with van der Waals surface area (Å²) in [6.45, 7) is 8.09. The van der Waals surface area contributed by atoms with Gasteiger partial charge in [0.2, 0.25) is 0 Å². The molecule has 1 aromatic heterocycles. The Morgan fingerprint density at radius 2 is 2.32 bits per heavy atom. The molecule has 4 heteroatoms. The lowest BCUT2D eigenvalue weighted by Gasteiger charge is -2.50. The number of rotatable bonds is 4. The van der Waals surface area contributed by atoms with Crippen molar-refractivity contribution in [1.82, 2.24) is 10.3 Å². The molecule has 0 unspecified atom stereocenters. The van der Waals surface area contributed by atoms with Crippen LogP contribution < -0.4 is 5.32 Å². The molecular weight excluding hydrogens is 312 g/mol. The molecule has 5 atom stereocenters. The lowest BCUT2D eigenvalue weighted by atomic mass is 9.55. The largest absolute Gasteiger partial charge is 0.462 e. The topological polar surface area (TPSA) is 51.2 Å². The molecule has 1 saturated heterocycles. The van der Waals surface area contributed by atoms with Gasteiger partial charge in [0.15, 0.2) is 0 Å². The fourth-order valence-electron chi connectivity index (χ4n) is 5.35. The molecule has 0 spiro atoms. The molecule has 2 saturated carbocycles. The predicted octanol–water partition coefficient (Wildman–Crippen LogP) is 3.49. The minimum atomic E-state index is -0.0343. The van der Waals surface area contributed by atoms with E-state index in [2.05, 4.69) is 23.8 Å². The Kier molecular flexibility index (Phi) is 4.40. The van der Waals surface area contributed by atoms with Gasteiger partial charge < -0.3 is 10.1 Å². The first-order valence-corrected chi connectivity index (χ1v) is 9.55. The fraction of sp³-hybridized carbons (Fsp3) is 0.619. The minimum Gasteiger partial charge on any atom is -0.462 e. The van der Waals surface area contributed by atoms with Gasteiger partial charge in [-0.25, -0.2) is 0 Å². The maximum Gasteiger partial charge on any atom is 0.310 e. The van der Waals surface area contributed by atoms with Crippen LogP contribution in [0.3, 0.4) is 0 Å². The average Bonchev–Trinajstić information content (AvgIpc) is 2.88. The minimum absolute atomic E-state index is 0.0172. The Morgan fingerprint density at radius 1 is 1.44 bits per heavy atom. The zero-order valence-electron chi connectivity index (χ0n) is 15.0. The van der Waals surface area contributed by atoms with E-state index in [1.807, 2.05) is 18.2 Å². The number of carbonyl (C=O) groups excluding carboxylic acids is 1. The summed E-state index contributed by atoms with van der Waals surface area (Å²) in [5, 5.41) is 3.41. The van der Waals surface area contributed by atoms with Crippen molar-refractivity contribution >= 4 is 5.97 Å². The molecule has 2 heterocycles. The number of hydrogen-bond donors (Lipinski definition) is 1. The molecule has 1 aliphatic heterocycles. The van der Waals surface area contributed by atoms with Gasteiger partial charge in [0, 0.05) is 25.2 Å². The van der Waals surface area contributed by atoms with Crippen LogP contribution in [0.2, 0.25) is 0 Å². The smallest absolute Gasteiger partial charge is 0.310 e. The zero-order valence-corrected chi connectivity index (χ0v) is 15.0. The quantitative estimate of drug-likeness (QED) is 0.673. The van der Waals surface area contributed by atoms with E-state index in [-0.39, 0.29) is 23.4 Å². The van der Waals surface area contributed by atoms with Crippen LogP contribution in [0.1, 0.15) is 44.7 Å². The number of nitrogens with zero attached hydrogens (tertiary/aromatic N) is 1. The number of aromatic nitrogens is 1. The van der Waals surface area contributed by atoms with Crippen LogP contribution in [0.15, 0.2) is 36.5 Å². The summed E-state index contributed by atoms with van der Waals surface area (Å²) in [6, 6.07) is 5.90. The third-order valence-corrected chi connectivity index (χ3v) is 6.72. The molecule has 134 valence electrons. The van der Waals surface area contributed by atoms with Crippen LogP contribution in [0.5, 0.6) is 0 Å². The maximum absolute atomic E-state index is 12.5. The van der Waals surface area contributed by atoms with E-state index in [4.69, 9.17) is 4.74 Å². The molecule has 1 N–H and O–H groups in total. The van der Waals surface area contributed by atoms with Gasteiger partial charge in [0.25, 0.3) is 0 Å². The van der Waals surface area contributed by atoms with Gasteiger partial charge >= 0.3 is 5.97 Å². The molecule has 25 heavy (non-hydrogen) atoms. The summed E-state index contributed by atoms with van der Waals surface area (Å²) >= 11 is 0. The van der Waals surface area contributed by atoms with Crippen LogP contribution >= 0.6 is 0 Å². The second-order valence-corrected chi connectivity index (χ2v) is 8.36. The van der Waals surface area contributed by atoms with Crippen molar-refractivity contribution < 1.29 is 9.53 Å². The van der Waals surface area contributed by atoms with Gasteiger partial charge in [-0.2, -0.15) is 0 Å². The van der Waals surface area contributed by atoms with Crippen molar-refractivity contribution in [3.05, 3.63) is 42.2 Å². The number of pyridine rings is 1. The Labute approximate surface area is 150 Å². The summed E-state index contributed by atoms with van der Waals surface area (Å²) in [5.41, 5.74) is 2.67. The number of fused-ring (bicyclic) bond motifs is 2. The van der Waals surface area contributed by atoms with Gasteiger partial charge in [-0.3, -0.25) is 9.78 Å². The van der Waals surface area contributed by atoms with Gasteiger partial charge in [0.1, 0.15) is 6.10 Å². The second kappa shape index (κ2) is 6.56. The number of allylic oxidation sites excluding steroid dienone is 1. The normalized spacial score (nSPS) is 37.3. The number of esters is 1. The molecule has 0 bridgehead atoms. The molecule has 2 aliphatic carbocycles. The number of nitrogens with one attached hydrogen (secondary N) is 1. The van der Waals surface area contributed by atoms with Gasteiger partial charge in [-0.05, 0) is 55.6 Å². The number of hydrogen-bond acceptors (Lipinski definition) is 4. The van der Waals surface area contributed by atoms with E-state index in [1.165, 1.54) is 18.4 Å².